The predicted octanol–water partition coefficient (Wildman–Crippen LogP) is 1.28. The molecular formula is C16H17N5O2. The van der Waals surface area contributed by atoms with Crippen molar-refractivity contribution in [3.05, 3.63) is 54.1 Å². The van der Waals surface area contributed by atoms with E-state index in [0.717, 1.165) is 11.4 Å². The lowest BCUT2D eigenvalue weighted by Crippen LogP contribution is -2.29. The lowest BCUT2D eigenvalue weighted by atomic mass is 10.1. The molecular weight excluding hydrogens is 294 g/mol. The largest absolute Gasteiger partial charge is 0.336 e. The number of urea groups is 1. The molecule has 0 bridgehead atoms. The fraction of sp³-hybridized carbons (Fsp3) is 0.250. The first-order chi connectivity index (χ1) is 11.1. The standard InChI is InChI=1S/C16H17N5O2/c1-20(11-13-10-17-5-6-18-13)15(22)12-3-2-4-14(9-12)21-8-7-19-16(21)23/h2-6,9-10H,7-8,11H2,1H3,(H,19,23). The maximum absolute atomic E-state index is 12.6. The van der Waals surface area contributed by atoms with Gasteiger partial charge in [-0.25, -0.2) is 4.79 Å². The molecule has 1 aliphatic heterocycles. The molecule has 1 aromatic heterocycles. The number of amides is 3. The Hall–Kier alpha value is -2.96. The Morgan fingerprint density at radius 3 is 2.96 bits per heavy atom. The van der Waals surface area contributed by atoms with Crippen LogP contribution in [-0.4, -0.2) is 46.9 Å². The Balaban J connectivity index is 1.75. The third kappa shape index (κ3) is 3.28. The number of benzene rings is 1. The number of carbonyl (C=O) groups excluding carboxylic acids is 2. The van der Waals surface area contributed by atoms with Crippen LogP contribution in [0.2, 0.25) is 0 Å². The molecule has 2 heterocycles. The van der Waals surface area contributed by atoms with Gasteiger partial charge >= 0.3 is 6.03 Å². The summed E-state index contributed by atoms with van der Waals surface area (Å²) in [6, 6.07) is 6.95. The van der Waals surface area contributed by atoms with E-state index >= 15 is 0 Å². The zero-order valence-corrected chi connectivity index (χ0v) is 12.8. The molecule has 3 rings (SSSR count). The van der Waals surface area contributed by atoms with Gasteiger partial charge in [-0.2, -0.15) is 0 Å². The van der Waals surface area contributed by atoms with E-state index in [1.165, 1.54) is 0 Å². The van der Waals surface area contributed by atoms with Crippen molar-refractivity contribution in [3.63, 3.8) is 0 Å². The Bertz CT molecular complexity index is 719. The molecule has 0 unspecified atom stereocenters. The number of rotatable bonds is 4. The van der Waals surface area contributed by atoms with Gasteiger partial charge in [-0.15, -0.1) is 0 Å². The van der Waals surface area contributed by atoms with Crippen LogP contribution in [0.3, 0.4) is 0 Å². The van der Waals surface area contributed by atoms with Crippen LogP contribution in [0.15, 0.2) is 42.9 Å². The fourth-order valence-corrected chi connectivity index (χ4v) is 2.47. The monoisotopic (exact) mass is 311 g/mol. The van der Waals surface area contributed by atoms with Crippen molar-refractivity contribution in [2.24, 2.45) is 0 Å². The second kappa shape index (κ2) is 6.43. The van der Waals surface area contributed by atoms with Gasteiger partial charge < -0.3 is 10.2 Å². The van der Waals surface area contributed by atoms with Crippen molar-refractivity contribution in [2.45, 2.75) is 6.54 Å². The highest BCUT2D eigenvalue weighted by atomic mass is 16.2. The molecule has 7 heteroatoms. The number of hydrogen-bond acceptors (Lipinski definition) is 4. The molecule has 0 spiro atoms. The summed E-state index contributed by atoms with van der Waals surface area (Å²) in [6.45, 7) is 1.59. The number of hydrogen-bond donors (Lipinski definition) is 1. The summed E-state index contributed by atoms with van der Waals surface area (Å²) in [5.41, 5.74) is 1.98. The molecule has 0 atom stereocenters. The predicted molar refractivity (Wildman–Crippen MR) is 85.0 cm³/mol. The molecule has 0 radical (unpaired) electrons. The third-order valence-corrected chi connectivity index (χ3v) is 3.62. The topological polar surface area (TPSA) is 78.4 Å². The molecule has 0 aliphatic carbocycles. The zero-order valence-electron chi connectivity index (χ0n) is 12.8. The number of anilines is 1. The van der Waals surface area contributed by atoms with E-state index < -0.39 is 0 Å². The van der Waals surface area contributed by atoms with Crippen LogP contribution >= 0.6 is 0 Å². The first-order valence-corrected chi connectivity index (χ1v) is 7.31. The van der Waals surface area contributed by atoms with Crippen molar-refractivity contribution in [2.75, 3.05) is 25.0 Å². The SMILES string of the molecule is CN(Cc1cnccn1)C(=O)c1cccc(N2CCNC2=O)c1. The van der Waals surface area contributed by atoms with Crippen LogP contribution < -0.4 is 10.2 Å². The molecule has 7 nitrogen and oxygen atoms in total. The summed E-state index contributed by atoms with van der Waals surface area (Å²) in [5, 5.41) is 2.75. The molecule has 3 amide bonds. The third-order valence-electron chi connectivity index (χ3n) is 3.62. The second-order valence-electron chi connectivity index (χ2n) is 5.29. The van der Waals surface area contributed by atoms with Crippen molar-refractivity contribution < 1.29 is 9.59 Å². The van der Waals surface area contributed by atoms with Gasteiger partial charge in [-0.3, -0.25) is 19.7 Å². The van der Waals surface area contributed by atoms with Crippen LogP contribution in [0.25, 0.3) is 0 Å². The normalized spacial score (nSPS) is 13.8. The highest BCUT2D eigenvalue weighted by Gasteiger charge is 2.22. The van der Waals surface area contributed by atoms with Crippen molar-refractivity contribution >= 4 is 17.6 Å². The summed E-state index contributed by atoms with van der Waals surface area (Å²) < 4.78 is 0. The maximum Gasteiger partial charge on any atom is 0.321 e. The fourth-order valence-electron chi connectivity index (χ4n) is 2.47. The van der Waals surface area contributed by atoms with E-state index in [0.29, 0.717) is 25.2 Å². The summed E-state index contributed by atoms with van der Waals surface area (Å²) in [5.74, 6) is -0.128. The van der Waals surface area contributed by atoms with Gasteiger partial charge in [0.2, 0.25) is 0 Å². The quantitative estimate of drug-likeness (QED) is 0.922. The summed E-state index contributed by atoms with van der Waals surface area (Å²) in [7, 11) is 1.71. The molecule has 1 saturated heterocycles. The van der Waals surface area contributed by atoms with E-state index in [9.17, 15) is 9.59 Å². The van der Waals surface area contributed by atoms with E-state index in [2.05, 4.69) is 15.3 Å². The summed E-state index contributed by atoms with van der Waals surface area (Å²) in [6.07, 6.45) is 4.82. The van der Waals surface area contributed by atoms with Gasteiger partial charge in [0.15, 0.2) is 0 Å². The molecule has 1 aliphatic rings. The van der Waals surface area contributed by atoms with Crippen LogP contribution in [0, 0.1) is 0 Å². The first-order valence-electron chi connectivity index (χ1n) is 7.31. The van der Waals surface area contributed by atoms with Crippen molar-refractivity contribution in [3.8, 4) is 0 Å². The lowest BCUT2D eigenvalue weighted by Gasteiger charge is -2.19. The molecule has 1 fully saturated rings. The van der Waals surface area contributed by atoms with Crippen molar-refractivity contribution in [1.29, 1.82) is 0 Å². The van der Waals surface area contributed by atoms with E-state index in [1.807, 2.05) is 6.07 Å². The molecule has 118 valence electrons. The van der Waals surface area contributed by atoms with Gasteiger partial charge in [0, 0.05) is 43.8 Å². The first kappa shape index (κ1) is 15.0. The van der Waals surface area contributed by atoms with Crippen LogP contribution in [0.5, 0.6) is 0 Å². The van der Waals surface area contributed by atoms with Gasteiger partial charge in [0.25, 0.3) is 5.91 Å². The van der Waals surface area contributed by atoms with E-state index in [1.54, 1.807) is 53.6 Å². The molecule has 1 aromatic carbocycles. The Kier molecular flexibility index (Phi) is 4.18. The number of nitrogens with zero attached hydrogens (tertiary/aromatic N) is 4. The highest BCUT2D eigenvalue weighted by molar-refractivity contribution is 5.98. The number of nitrogens with one attached hydrogen (secondary N) is 1. The Morgan fingerprint density at radius 2 is 2.26 bits per heavy atom. The molecule has 1 N–H and O–H groups in total. The van der Waals surface area contributed by atoms with Gasteiger partial charge in [-0.1, -0.05) is 6.07 Å². The van der Waals surface area contributed by atoms with Crippen molar-refractivity contribution in [1.82, 2.24) is 20.2 Å². The highest BCUT2D eigenvalue weighted by Crippen LogP contribution is 2.19. The zero-order chi connectivity index (χ0) is 16.2. The minimum absolute atomic E-state index is 0.128. The average Bonchev–Trinajstić information content (AvgIpc) is 3.01. The minimum Gasteiger partial charge on any atom is -0.336 e. The number of aromatic nitrogens is 2. The Labute approximate surface area is 134 Å². The van der Waals surface area contributed by atoms with Gasteiger partial charge in [-0.05, 0) is 18.2 Å². The molecule has 2 aromatic rings. The van der Waals surface area contributed by atoms with Gasteiger partial charge in [0.1, 0.15) is 0 Å². The van der Waals surface area contributed by atoms with Crippen LogP contribution in [-0.2, 0) is 6.54 Å². The Morgan fingerprint density at radius 1 is 1.39 bits per heavy atom. The van der Waals surface area contributed by atoms with E-state index in [4.69, 9.17) is 0 Å². The minimum atomic E-state index is -0.137. The summed E-state index contributed by atoms with van der Waals surface area (Å²) >= 11 is 0. The smallest absolute Gasteiger partial charge is 0.321 e. The van der Waals surface area contributed by atoms with Crippen LogP contribution in [0.4, 0.5) is 10.5 Å². The average molecular weight is 311 g/mol. The maximum atomic E-state index is 12.6. The second-order valence-corrected chi connectivity index (χ2v) is 5.29. The van der Waals surface area contributed by atoms with Crippen LogP contribution in [0.1, 0.15) is 16.1 Å². The molecule has 0 saturated carbocycles. The van der Waals surface area contributed by atoms with E-state index in [-0.39, 0.29) is 11.9 Å². The lowest BCUT2D eigenvalue weighted by molar-refractivity contribution is 0.0783. The molecule has 23 heavy (non-hydrogen) atoms. The van der Waals surface area contributed by atoms with Gasteiger partial charge in [0.05, 0.1) is 18.4 Å². The summed E-state index contributed by atoms with van der Waals surface area (Å²) in [4.78, 5) is 35.7. The number of carbonyl (C=O) groups is 2.